The van der Waals surface area contributed by atoms with E-state index in [0.717, 1.165) is 0 Å². The fourth-order valence-electron chi connectivity index (χ4n) is 2.16. The number of H-pyrrole nitrogens is 1. The summed E-state index contributed by atoms with van der Waals surface area (Å²) in [5.74, 6) is -0.239. The molecule has 1 fully saturated rings. The molecule has 1 aromatic heterocycles. The molecule has 2 rings (SSSR count). The molecule has 18 heavy (non-hydrogen) atoms. The van der Waals surface area contributed by atoms with Gasteiger partial charge in [0.15, 0.2) is 0 Å². The van der Waals surface area contributed by atoms with Crippen LogP contribution in [0.5, 0.6) is 0 Å². The second-order valence-electron chi connectivity index (χ2n) is 4.43. The fraction of sp³-hybridized carbons (Fsp3) is 0.636. The number of aromatic nitrogens is 2. The standard InChI is InChI=1S/C11H16N2O5/c14-4-7-3-10(18-6-8(7)5-15)13-2-1-9(16)12-11(13)17/h1-2,7-8,10,14-15H,3-6H2,(H,12,16,17)/t7-,8+,10+/m1/s1. The van der Waals surface area contributed by atoms with Crippen LogP contribution in [0, 0.1) is 11.8 Å². The first-order valence-electron chi connectivity index (χ1n) is 5.80. The van der Waals surface area contributed by atoms with E-state index in [2.05, 4.69) is 4.98 Å². The van der Waals surface area contributed by atoms with Gasteiger partial charge in [0.05, 0.1) is 6.61 Å². The Morgan fingerprint density at radius 3 is 2.67 bits per heavy atom. The van der Waals surface area contributed by atoms with Crippen LogP contribution in [0.1, 0.15) is 12.6 Å². The number of aliphatic hydroxyl groups is 2. The average molecular weight is 256 g/mol. The minimum atomic E-state index is -0.536. The molecule has 0 bridgehead atoms. The van der Waals surface area contributed by atoms with E-state index in [1.54, 1.807) is 0 Å². The van der Waals surface area contributed by atoms with E-state index < -0.39 is 17.5 Å². The number of aromatic amines is 1. The first-order valence-corrected chi connectivity index (χ1v) is 5.80. The number of hydrogen-bond acceptors (Lipinski definition) is 5. The van der Waals surface area contributed by atoms with Crippen LogP contribution in [0.15, 0.2) is 21.9 Å². The highest BCUT2D eigenvalue weighted by molar-refractivity contribution is 4.86. The van der Waals surface area contributed by atoms with Crippen molar-refractivity contribution >= 4 is 0 Å². The molecule has 0 unspecified atom stereocenters. The Hall–Kier alpha value is -1.44. The summed E-state index contributed by atoms with van der Waals surface area (Å²) in [6, 6.07) is 1.25. The van der Waals surface area contributed by atoms with Gasteiger partial charge in [-0.3, -0.25) is 14.3 Å². The minimum Gasteiger partial charge on any atom is -0.396 e. The van der Waals surface area contributed by atoms with E-state index in [1.165, 1.54) is 16.8 Å². The minimum absolute atomic E-state index is 0.0571. The summed E-state index contributed by atoms with van der Waals surface area (Å²) in [4.78, 5) is 24.7. The molecule has 100 valence electrons. The maximum Gasteiger partial charge on any atom is 0.330 e. The summed E-state index contributed by atoms with van der Waals surface area (Å²) >= 11 is 0. The fourth-order valence-corrected chi connectivity index (χ4v) is 2.16. The first kappa shape index (κ1) is 13.0. The number of rotatable bonds is 3. The van der Waals surface area contributed by atoms with Crippen molar-refractivity contribution in [1.29, 1.82) is 0 Å². The summed E-state index contributed by atoms with van der Waals surface area (Å²) in [6.45, 7) is 0.152. The van der Waals surface area contributed by atoms with E-state index in [9.17, 15) is 14.7 Å². The van der Waals surface area contributed by atoms with Crippen LogP contribution >= 0.6 is 0 Å². The monoisotopic (exact) mass is 256 g/mol. The van der Waals surface area contributed by atoms with Crippen LogP contribution in [0.3, 0.4) is 0 Å². The van der Waals surface area contributed by atoms with Crippen molar-refractivity contribution in [2.75, 3.05) is 19.8 Å². The van der Waals surface area contributed by atoms with E-state index in [-0.39, 0.29) is 31.7 Å². The predicted molar refractivity (Wildman–Crippen MR) is 62.1 cm³/mol. The molecule has 3 atom stereocenters. The molecule has 3 N–H and O–H groups in total. The Labute approximate surface area is 103 Å². The van der Waals surface area contributed by atoms with E-state index >= 15 is 0 Å². The van der Waals surface area contributed by atoms with Crippen molar-refractivity contribution in [3.8, 4) is 0 Å². The Kier molecular flexibility index (Phi) is 3.95. The lowest BCUT2D eigenvalue weighted by Crippen LogP contribution is -2.40. The van der Waals surface area contributed by atoms with Gasteiger partial charge in [-0.25, -0.2) is 4.79 Å². The summed E-state index contributed by atoms with van der Waals surface area (Å²) in [5.41, 5.74) is -0.995. The van der Waals surface area contributed by atoms with E-state index in [4.69, 9.17) is 9.84 Å². The first-order chi connectivity index (χ1) is 8.65. The Balaban J connectivity index is 2.20. The van der Waals surface area contributed by atoms with Gasteiger partial charge in [0.1, 0.15) is 6.23 Å². The molecular formula is C11H16N2O5. The lowest BCUT2D eigenvalue weighted by Gasteiger charge is -2.34. The highest BCUT2D eigenvalue weighted by Crippen LogP contribution is 2.30. The molecule has 7 heteroatoms. The van der Waals surface area contributed by atoms with Gasteiger partial charge in [-0.2, -0.15) is 0 Å². The third kappa shape index (κ3) is 2.53. The molecule has 1 aliphatic heterocycles. The summed E-state index contributed by atoms with van der Waals surface area (Å²) < 4.78 is 6.78. The van der Waals surface area contributed by atoms with Crippen LogP contribution in [-0.2, 0) is 4.74 Å². The van der Waals surface area contributed by atoms with Gasteiger partial charge < -0.3 is 14.9 Å². The zero-order valence-electron chi connectivity index (χ0n) is 9.78. The van der Waals surface area contributed by atoms with Crippen molar-refractivity contribution in [2.45, 2.75) is 12.6 Å². The summed E-state index contributed by atoms with van der Waals surface area (Å²) in [7, 11) is 0. The molecule has 0 radical (unpaired) electrons. The molecule has 1 aliphatic rings. The molecule has 2 heterocycles. The quantitative estimate of drug-likeness (QED) is 0.621. The normalized spacial score (nSPS) is 28.2. The third-order valence-electron chi connectivity index (χ3n) is 3.30. The molecule has 0 aromatic carbocycles. The molecule has 1 saturated heterocycles. The average Bonchev–Trinajstić information content (AvgIpc) is 2.38. The molecule has 0 saturated carbocycles. The van der Waals surface area contributed by atoms with Crippen LogP contribution in [0.2, 0.25) is 0 Å². The highest BCUT2D eigenvalue weighted by atomic mass is 16.5. The number of ether oxygens (including phenoxy) is 1. The zero-order valence-corrected chi connectivity index (χ0v) is 9.78. The summed E-state index contributed by atoms with van der Waals surface area (Å²) in [5, 5.41) is 18.4. The lowest BCUT2D eigenvalue weighted by molar-refractivity contribution is -0.107. The van der Waals surface area contributed by atoms with Crippen molar-refractivity contribution in [3.63, 3.8) is 0 Å². The number of aliphatic hydroxyl groups excluding tert-OH is 2. The predicted octanol–water partition coefficient (Wildman–Crippen LogP) is -1.33. The molecule has 1 aromatic rings. The van der Waals surface area contributed by atoms with Crippen molar-refractivity contribution < 1.29 is 14.9 Å². The Morgan fingerprint density at radius 1 is 1.33 bits per heavy atom. The number of hydrogen-bond donors (Lipinski definition) is 3. The smallest absolute Gasteiger partial charge is 0.330 e. The Bertz CT molecular complexity index is 509. The molecule has 7 nitrogen and oxygen atoms in total. The number of nitrogens with one attached hydrogen (secondary N) is 1. The molecular weight excluding hydrogens is 240 g/mol. The summed E-state index contributed by atoms with van der Waals surface area (Å²) in [6.07, 6.45) is 1.28. The van der Waals surface area contributed by atoms with Gasteiger partial charge in [-0.05, 0) is 12.3 Å². The van der Waals surface area contributed by atoms with Gasteiger partial charge in [0.2, 0.25) is 0 Å². The van der Waals surface area contributed by atoms with Crippen LogP contribution in [0.25, 0.3) is 0 Å². The highest BCUT2D eigenvalue weighted by Gasteiger charge is 2.31. The van der Waals surface area contributed by atoms with E-state index in [1.807, 2.05) is 0 Å². The van der Waals surface area contributed by atoms with Gasteiger partial charge in [-0.15, -0.1) is 0 Å². The molecule has 0 amide bonds. The van der Waals surface area contributed by atoms with Gasteiger partial charge in [0.25, 0.3) is 5.56 Å². The molecule has 0 spiro atoms. The SMILES string of the molecule is O=c1ccn([C@@H]2C[C@H](CO)[C@@H](CO)CO2)c(=O)[nH]1. The van der Waals surface area contributed by atoms with Crippen molar-refractivity contribution in [1.82, 2.24) is 9.55 Å². The lowest BCUT2D eigenvalue weighted by atomic mass is 9.88. The molecule has 0 aliphatic carbocycles. The third-order valence-corrected chi connectivity index (χ3v) is 3.30. The van der Waals surface area contributed by atoms with E-state index in [0.29, 0.717) is 6.42 Å². The van der Waals surface area contributed by atoms with Gasteiger partial charge >= 0.3 is 5.69 Å². The van der Waals surface area contributed by atoms with Crippen LogP contribution in [-0.4, -0.2) is 39.6 Å². The largest absolute Gasteiger partial charge is 0.396 e. The van der Waals surface area contributed by atoms with Gasteiger partial charge in [0, 0.05) is 31.4 Å². The second-order valence-corrected chi connectivity index (χ2v) is 4.43. The van der Waals surface area contributed by atoms with Gasteiger partial charge in [-0.1, -0.05) is 0 Å². The maximum absolute atomic E-state index is 11.6. The zero-order chi connectivity index (χ0) is 13.1. The topological polar surface area (TPSA) is 105 Å². The van der Waals surface area contributed by atoms with Crippen LogP contribution < -0.4 is 11.2 Å². The van der Waals surface area contributed by atoms with Crippen LogP contribution in [0.4, 0.5) is 0 Å². The second kappa shape index (κ2) is 5.47. The number of nitrogens with zero attached hydrogens (tertiary/aromatic N) is 1. The van der Waals surface area contributed by atoms with Crippen molar-refractivity contribution in [2.24, 2.45) is 11.8 Å². The van der Waals surface area contributed by atoms with Crippen molar-refractivity contribution in [3.05, 3.63) is 33.1 Å². The maximum atomic E-state index is 11.6. The Morgan fingerprint density at radius 2 is 2.06 bits per heavy atom.